The van der Waals surface area contributed by atoms with Gasteiger partial charge in [-0.2, -0.15) is 0 Å². The molecule has 0 bridgehead atoms. The third-order valence-corrected chi connectivity index (χ3v) is 5.56. The molecule has 27 heavy (non-hydrogen) atoms. The average molecular weight is 366 g/mol. The summed E-state index contributed by atoms with van der Waals surface area (Å²) in [6.45, 7) is 5.57. The Morgan fingerprint density at radius 1 is 1.11 bits per heavy atom. The maximum atomic E-state index is 12.0. The van der Waals surface area contributed by atoms with Gasteiger partial charge < -0.3 is 24.8 Å². The molecule has 2 unspecified atom stereocenters. The number of nitrogens with one attached hydrogen (secondary N) is 1. The second-order valence-electron chi connectivity index (χ2n) is 6.98. The molecule has 0 amide bonds. The number of hydrogen-bond donors (Lipinski definition) is 2. The first-order valence-corrected chi connectivity index (χ1v) is 9.46. The monoisotopic (exact) mass is 366 g/mol. The molecule has 2 atom stereocenters. The lowest BCUT2D eigenvalue weighted by Crippen LogP contribution is -2.47. The molecular weight excluding hydrogens is 340 g/mol. The van der Waals surface area contributed by atoms with Gasteiger partial charge in [0, 0.05) is 35.6 Å². The van der Waals surface area contributed by atoms with Crippen molar-refractivity contribution >= 4 is 5.69 Å². The van der Waals surface area contributed by atoms with Crippen LogP contribution in [0.2, 0.25) is 0 Å². The molecular formula is C22H26N2O3. The molecule has 0 aromatic heterocycles. The maximum Gasteiger partial charge on any atom is 0.176 e. The van der Waals surface area contributed by atoms with Crippen LogP contribution < -0.4 is 19.7 Å². The summed E-state index contributed by atoms with van der Waals surface area (Å²) in [5, 5.41) is 15.4. The molecule has 0 saturated carbocycles. The standard InChI is InChI=1S/C22H26N2O3/c1-4-27-19-9-5-16(6-10-19)22(25)15(2)21-20(13-14-23-21)24(22)17-7-11-18(26-3)12-8-17/h5-12,15,23,25H,4,13-14H2,1-3H3. The smallest absolute Gasteiger partial charge is 0.176 e. The van der Waals surface area contributed by atoms with Gasteiger partial charge in [-0.15, -0.1) is 0 Å². The lowest BCUT2D eigenvalue weighted by molar-refractivity contribution is 0.00860. The Labute approximate surface area is 160 Å². The van der Waals surface area contributed by atoms with Gasteiger partial charge in [0.2, 0.25) is 0 Å². The lowest BCUT2D eigenvalue weighted by Gasteiger charge is -2.41. The van der Waals surface area contributed by atoms with E-state index in [0.717, 1.165) is 47.1 Å². The number of anilines is 1. The Morgan fingerprint density at radius 2 is 1.78 bits per heavy atom. The lowest BCUT2D eigenvalue weighted by atomic mass is 9.89. The molecule has 5 heteroatoms. The highest BCUT2D eigenvalue weighted by atomic mass is 16.5. The largest absolute Gasteiger partial charge is 0.497 e. The molecule has 142 valence electrons. The van der Waals surface area contributed by atoms with Gasteiger partial charge in [-0.1, -0.05) is 19.1 Å². The van der Waals surface area contributed by atoms with Crippen LogP contribution >= 0.6 is 0 Å². The van der Waals surface area contributed by atoms with Crippen LogP contribution in [0, 0.1) is 5.92 Å². The molecule has 0 radical (unpaired) electrons. The van der Waals surface area contributed by atoms with Gasteiger partial charge in [-0.05, 0) is 43.3 Å². The first kappa shape index (κ1) is 17.7. The van der Waals surface area contributed by atoms with Crippen molar-refractivity contribution in [2.45, 2.75) is 26.0 Å². The Hall–Kier alpha value is -2.66. The number of hydrogen-bond acceptors (Lipinski definition) is 5. The van der Waals surface area contributed by atoms with E-state index >= 15 is 0 Å². The molecule has 2 aliphatic rings. The van der Waals surface area contributed by atoms with E-state index in [-0.39, 0.29) is 5.92 Å². The van der Waals surface area contributed by atoms with Crippen molar-refractivity contribution in [1.29, 1.82) is 0 Å². The minimum Gasteiger partial charge on any atom is -0.497 e. The second-order valence-corrected chi connectivity index (χ2v) is 6.98. The van der Waals surface area contributed by atoms with Crippen molar-refractivity contribution in [2.75, 3.05) is 25.2 Å². The summed E-state index contributed by atoms with van der Waals surface area (Å²) in [7, 11) is 1.66. The number of ether oxygens (including phenoxy) is 2. The van der Waals surface area contributed by atoms with Gasteiger partial charge >= 0.3 is 0 Å². The molecule has 2 aromatic rings. The minimum atomic E-state index is -1.16. The third-order valence-electron chi connectivity index (χ3n) is 5.56. The quantitative estimate of drug-likeness (QED) is 0.847. The van der Waals surface area contributed by atoms with Gasteiger partial charge in [0.15, 0.2) is 5.72 Å². The summed E-state index contributed by atoms with van der Waals surface area (Å²) < 4.78 is 10.9. The van der Waals surface area contributed by atoms with Crippen LogP contribution in [0.4, 0.5) is 5.69 Å². The van der Waals surface area contributed by atoms with Crippen LogP contribution in [0.15, 0.2) is 59.9 Å². The van der Waals surface area contributed by atoms with E-state index in [9.17, 15) is 5.11 Å². The van der Waals surface area contributed by atoms with Crippen molar-refractivity contribution in [1.82, 2.24) is 5.32 Å². The molecule has 0 aliphatic carbocycles. The van der Waals surface area contributed by atoms with E-state index in [0.29, 0.717) is 6.61 Å². The van der Waals surface area contributed by atoms with Gasteiger partial charge in [0.05, 0.1) is 19.6 Å². The second kappa shape index (κ2) is 6.82. The summed E-state index contributed by atoms with van der Waals surface area (Å²) in [6, 6.07) is 15.6. The third kappa shape index (κ3) is 2.73. The van der Waals surface area contributed by atoms with Crippen LogP contribution in [-0.2, 0) is 5.72 Å². The first-order valence-electron chi connectivity index (χ1n) is 9.46. The van der Waals surface area contributed by atoms with Gasteiger partial charge in [0.25, 0.3) is 0 Å². The molecule has 5 nitrogen and oxygen atoms in total. The van der Waals surface area contributed by atoms with Crippen LogP contribution in [-0.4, -0.2) is 25.4 Å². The van der Waals surface area contributed by atoms with Gasteiger partial charge in [0.1, 0.15) is 11.5 Å². The zero-order valence-corrected chi connectivity index (χ0v) is 16.0. The Bertz CT molecular complexity index is 845. The number of rotatable bonds is 5. The van der Waals surface area contributed by atoms with E-state index in [1.54, 1.807) is 7.11 Å². The molecule has 2 aromatic carbocycles. The zero-order chi connectivity index (χ0) is 19.0. The molecule has 4 rings (SSSR count). The minimum absolute atomic E-state index is 0.0740. The number of methoxy groups -OCH3 is 1. The zero-order valence-electron chi connectivity index (χ0n) is 16.0. The van der Waals surface area contributed by atoms with E-state index in [2.05, 4.69) is 17.1 Å². The topological polar surface area (TPSA) is 54.0 Å². The first-order chi connectivity index (χ1) is 13.1. The van der Waals surface area contributed by atoms with Crippen LogP contribution in [0.1, 0.15) is 25.8 Å². The van der Waals surface area contributed by atoms with Crippen molar-refractivity contribution in [2.24, 2.45) is 5.92 Å². The van der Waals surface area contributed by atoms with Gasteiger partial charge in [-0.3, -0.25) is 0 Å². The van der Waals surface area contributed by atoms with Crippen LogP contribution in [0.25, 0.3) is 0 Å². The molecule has 2 heterocycles. The Balaban J connectivity index is 1.78. The van der Waals surface area contributed by atoms with Crippen molar-refractivity contribution < 1.29 is 14.6 Å². The summed E-state index contributed by atoms with van der Waals surface area (Å²) in [5.74, 6) is 1.54. The van der Waals surface area contributed by atoms with Crippen LogP contribution in [0.5, 0.6) is 11.5 Å². The van der Waals surface area contributed by atoms with Crippen molar-refractivity contribution in [3.63, 3.8) is 0 Å². The summed E-state index contributed by atoms with van der Waals surface area (Å²) in [4.78, 5) is 2.07. The Kier molecular flexibility index (Phi) is 4.48. The van der Waals surface area contributed by atoms with Crippen molar-refractivity contribution in [3.8, 4) is 11.5 Å². The van der Waals surface area contributed by atoms with E-state index in [4.69, 9.17) is 9.47 Å². The summed E-state index contributed by atoms with van der Waals surface area (Å²) >= 11 is 0. The SMILES string of the molecule is CCOc1ccc(C2(O)C(C)C3=C(CCN3)N2c2ccc(OC)cc2)cc1. The normalized spacial score (nSPS) is 24.0. The Morgan fingerprint density at radius 3 is 2.41 bits per heavy atom. The van der Waals surface area contributed by atoms with Crippen LogP contribution in [0.3, 0.4) is 0 Å². The highest BCUT2D eigenvalue weighted by Gasteiger charge is 2.52. The van der Waals surface area contributed by atoms with E-state index < -0.39 is 5.72 Å². The van der Waals surface area contributed by atoms with Crippen molar-refractivity contribution in [3.05, 3.63) is 65.5 Å². The number of benzene rings is 2. The predicted octanol–water partition coefficient (Wildman–Crippen LogP) is 3.60. The molecule has 0 saturated heterocycles. The molecule has 0 spiro atoms. The highest BCUT2D eigenvalue weighted by Crippen LogP contribution is 2.51. The predicted molar refractivity (Wildman–Crippen MR) is 106 cm³/mol. The fraction of sp³-hybridized carbons (Fsp3) is 0.364. The number of nitrogens with zero attached hydrogens (tertiary/aromatic N) is 1. The van der Waals surface area contributed by atoms with E-state index in [1.165, 1.54) is 0 Å². The fourth-order valence-corrected chi connectivity index (χ4v) is 4.21. The van der Waals surface area contributed by atoms with Gasteiger partial charge in [-0.25, -0.2) is 0 Å². The maximum absolute atomic E-state index is 12.0. The van der Waals surface area contributed by atoms with E-state index in [1.807, 2.05) is 55.5 Å². The summed E-state index contributed by atoms with van der Waals surface area (Å²) in [6.07, 6.45) is 0.894. The average Bonchev–Trinajstić information content (AvgIpc) is 3.24. The molecule has 2 N–H and O–H groups in total. The highest BCUT2D eigenvalue weighted by molar-refractivity contribution is 5.63. The molecule has 0 fully saturated rings. The fourth-order valence-electron chi connectivity index (χ4n) is 4.21. The number of aliphatic hydroxyl groups is 1. The summed E-state index contributed by atoms with van der Waals surface area (Å²) in [5.41, 5.74) is 2.93. The molecule has 2 aliphatic heterocycles.